The predicted octanol–water partition coefficient (Wildman–Crippen LogP) is 1.22. The molecule has 0 radical (unpaired) electrons. The maximum absolute atomic E-state index is 12.6. The largest absolute Gasteiger partial charge is 0.444 e. The third kappa shape index (κ3) is 2.29. The Balaban J connectivity index is 1.51. The highest BCUT2D eigenvalue weighted by atomic mass is 16.3. The van der Waals surface area contributed by atoms with Crippen molar-refractivity contribution in [2.45, 2.75) is 12.8 Å². The first-order valence-corrected chi connectivity index (χ1v) is 7.70. The molecule has 2 aliphatic heterocycles. The van der Waals surface area contributed by atoms with Crippen LogP contribution >= 0.6 is 0 Å². The van der Waals surface area contributed by atoms with Gasteiger partial charge < -0.3 is 9.32 Å². The standard InChI is InChI=1S/C17H15N3O4/c21-14-7-17(16(23)19-14)5-6-20(9-17)15(22)12-3-1-11(2-4-12)13-8-18-10-24-13/h1-4,8,10H,5-7,9H2,(H,19,21,23)/t17-/m1/s1. The van der Waals surface area contributed by atoms with Gasteiger partial charge in [-0.2, -0.15) is 0 Å². The van der Waals surface area contributed by atoms with Gasteiger partial charge in [0.1, 0.15) is 0 Å². The Hall–Kier alpha value is -2.96. The van der Waals surface area contributed by atoms with Gasteiger partial charge in [0.2, 0.25) is 11.8 Å². The molecule has 1 aromatic heterocycles. The number of oxazole rings is 1. The van der Waals surface area contributed by atoms with Crippen LogP contribution in [0.15, 0.2) is 41.3 Å². The van der Waals surface area contributed by atoms with Crippen molar-refractivity contribution < 1.29 is 18.8 Å². The number of nitrogens with zero attached hydrogens (tertiary/aromatic N) is 2. The minimum absolute atomic E-state index is 0.136. The molecule has 4 rings (SSSR count). The molecule has 2 fully saturated rings. The lowest BCUT2D eigenvalue weighted by Crippen LogP contribution is -2.36. The van der Waals surface area contributed by atoms with Gasteiger partial charge in [-0.25, -0.2) is 4.98 Å². The van der Waals surface area contributed by atoms with Gasteiger partial charge in [-0.1, -0.05) is 12.1 Å². The molecule has 1 atom stereocenters. The quantitative estimate of drug-likeness (QED) is 0.838. The summed E-state index contributed by atoms with van der Waals surface area (Å²) >= 11 is 0. The average molecular weight is 325 g/mol. The van der Waals surface area contributed by atoms with E-state index in [-0.39, 0.29) is 30.7 Å². The van der Waals surface area contributed by atoms with Gasteiger partial charge in [0, 0.05) is 30.6 Å². The molecule has 7 heteroatoms. The van der Waals surface area contributed by atoms with Crippen LogP contribution in [-0.2, 0) is 9.59 Å². The Morgan fingerprint density at radius 1 is 1.25 bits per heavy atom. The molecule has 0 unspecified atom stereocenters. The maximum Gasteiger partial charge on any atom is 0.253 e. The molecule has 2 aromatic rings. The zero-order valence-electron chi connectivity index (χ0n) is 12.8. The summed E-state index contributed by atoms with van der Waals surface area (Å²) in [6, 6.07) is 7.05. The number of carbonyl (C=O) groups excluding carboxylic acids is 3. The number of aromatic nitrogens is 1. The smallest absolute Gasteiger partial charge is 0.253 e. The van der Waals surface area contributed by atoms with E-state index in [0.29, 0.717) is 24.3 Å². The van der Waals surface area contributed by atoms with E-state index in [1.165, 1.54) is 6.39 Å². The lowest BCUT2D eigenvalue weighted by molar-refractivity contribution is -0.128. The van der Waals surface area contributed by atoms with Crippen LogP contribution in [-0.4, -0.2) is 40.7 Å². The molecule has 122 valence electrons. The van der Waals surface area contributed by atoms with Gasteiger partial charge in [-0.05, 0) is 18.6 Å². The van der Waals surface area contributed by atoms with Crippen molar-refractivity contribution in [3.63, 3.8) is 0 Å². The van der Waals surface area contributed by atoms with Gasteiger partial charge in [0.05, 0.1) is 11.6 Å². The number of carbonyl (C=O) groups is 3. The van der Waals surface area contributed by atoms with Gasteiger partial charge in [0.15, 0.2) is 12.2 Å². The monoisotopic (exact) mass is 325 g/mol. The number of nitrogens with one attached hydrogen (secondary N) is 1. The Kier molecular flexibility index (Phi) is 3.23. The molecule has 3 amide bonds. The van der Waals surface area contributed by atoms with Crippen LogP contribution in [0, 0.1) is 5.41 Å². The lowest BCUT2D eigenvalue weighted by Gasteiger charge is -2.20. The number of imide groups is 1. The molecule has 1 N–H and O–H groups in total. The molecule has 1 spiro atoms. The molecular weight excluding hydrogens is 310 g/mol. The number of hydrogen-bond donors (Lipinski definition) is 1. The van der Waals surface area contributed by atoms with Crippen LogP contribution in [0.25, 0.3) is 11.3 Å². The van der Waals surface area contributed by atoms with Gasteiger partial charge >= 0.3 is 0 Å². The number of likely N-dealkylation sites (tertiary alicyclic amines) is 1. The molecule has 0 aliphatic carbocycles. The fourth-order valence-corrected chi connectivity index (χ4v) is 3.38. The molecule has 0 bridgehead atoms. The number of hydrogen-bond acceptors (Lipinski definition) is 5. The second-order valence-corrected chi connectivity index (χ2v) is 6.25. The Morgan fingerprint density at radius 3 is 2.67 bits per heavy atom. The minimum Gasteiger partial charge on any atom is -0.444 e. The van der Waals surface area contributed by atoms with Crippen LogP contribution in [0.2, 0.25) is 0 Å². The molecule has 24 heavy (non-hydrogen) atoms. The van der Waals surface area contributed by atoms with Crippen molar-refractivity contribution in [1.29, 1.82) is 0 Å². The van der Waals surface area contributed by atoms with Crippen LogP contribution in [0.5, 0.6) is 0 Å². The Morgan fingerprint density at radius 2 is 2.04 bits per heavy atom. The fourth-order valence-electron chi connectivity index (χ4n) is 3.38. The zero-order valence-corrected chi connectivity index (χ0v) is 12.8. The molecule has 0 saturated carbocycles. The molecule has 1 aromatic carbocycles. The van der Waals surface area contributed by atoms with Crippen molar-refractivity contribution in [1.82, 2.24) is 15.2 Å². The van der Waals surface area contributed by atoms with E-state index in [2.05, 4.69) is 10.3 Å². The highest BCUT2D eigenvalue weighted by Crippen LogP contribution is 2.38. The van der Waals surface area contributed by atoms with Crippen molar-refractivity contribution >= 4 is 17.7 Å². The summed E-state index contributed by atoms with van der Waals surface area (Å²) in [7, 11) is 0. The summed E-state index contributed by atoms with van der Waals surface area (Å²) in [5, 5.41) is 2.34. The summed E-state index contributed by atoms with van der Waals surface area (Å²) in [5.74, 6) is -0.0208. The highest BCUT2D eigenvalue weighted by molar-refractivity contribution is 6.06. The third-order valence-corrected chi connectivity index (χ3v) is 4.72. The molecule has 2 aliphatic rings. The normalized spacial score (nSPS) is 23.1. The van der Waals surface area contributed by atoms with Crippen LogP contribution < -0.4 is 5.32 Å². The second kappa shape index (κ2) is 5.30. The van der Waals surface area contributed by atoms with Crippen molar-refractivity contribution in [2.24, 2.45) is 5.41 Å². The van der Waals surface area contributed by atoms with Crippen molar-refractivity contribution in [3.8, 4) is 11.3 Å². The zero-order chi connectivity index (χ0) is 16.7. The van der Waals surface area contributed by atoms with E-state index in [9.17, 15) is 14.4 Å². The van der Waals surface area contributed by atoms with Gasteiger partial charge in [0.25, 0.3) is 5.91 Å². The first-order valence-electron chi connectivity index (χ1n) is 7.70. The van der Waals surface area contributed by atoms with E-state index >= 15 is 0 Å². The first-order chi connectivity index (χ1) is 11.6. The van der Waals surface area contributed by atoms with Crippen LogP contribution in [0.4, 0.5) is 0 Å². The maximum atomic E-state index is 12.6. The number of rotatable bonds is 2. The van der Waals surface area contributed by atoms with Gasteiger partial charge in [-0.15, -0.1) is 0 Å². The van der Waals surface area contributed by atoms with E-state index in [0.717, 1.165) is 5.56 Å². The molecule has 3 heterocycles. The molecule has 7 nitrogen and oxygen atoms in total. The lowest BCUT2D eigenvalue weighted by atomic mass is 9.85. The molecular formula is C17H15N3O4. The number of benzene rings is 1. The van der Waals surface area contributed by atoms with Crippen LogP contribution in [0.3, 0.4) is 0 Å². The fraction of sp³-hybridized carbons (Fsp3) is 0.294. The SMILES string of the molecule is O=C1C[C@@]2(CCN(C(=O)c3ccc(-c4cnco4)cc3)C2)C(=O)N1. The van der Waals surface area contributed by atoms with Crippen LogP contribution in [0.1, 0.15) is 23.2 Å². The Bertz CT molecular complexity index is 813. The second-order valence-electron chi connectivity index (χ2n) is 6.25. The molecule has 2 saturated heterocycles. The third-order valence-electron chi connectivity index (χ3n) is 4.72. The van der Waals surface area contributed by atoms with E-state index in [1.54, 1.807) is 35.4 Å². The number of amides is 3. The summed E-state index contributed by atoms with van der Waals surface area (Å²) in [6.07, 6.45) is 3.65. The van der Waals surface area contributed by atoms with E-state index < -0.39 is 5.41 Å². The first kappa shape index (κ1) is 14.6. The predicted molar refractivity (Wildman–Crippen MR) is 82.7 cm³/mol. The summed E-state index contributed by atoms with van der Waals surface area (Å²) in [4.78, 5) is 41.6. The van der Waals surface area contributed by atoms with Crippen molar-refractivity contribution in [2.75, 3.05) is 13.1 Å². The minimum atomic E-state index is -0.744. The van der Waals surface area contributed by atoms with Crippen molar-refractivity contribution in [3.05, 3.63) is 42.4 Å². The average Bonchev–Trinajstić information content (AvgIpc) is 3.29. The van der Waals surface area contributed by atoms with E-state index in [4.69, 9.17) is 4.42 Å². The highest BCUT2D eigenvalue weighted by Gasteiger charge is 2.51. The topological polar surface area (TPSA) is 92.5 Å². The summed E-state index contributed by atoms with van der Waals surface area (Å²) < 4.78 is 5.22. The summed E-state index contributed by atoms with van der Waals surface area (Å²) in [6.45, 7) is 0.761. The van der Waals surface area contributed by atoms with E-state index in [1.807, 2.05) is 0 Å². The van der Waals surface area contributed by atoms with Gasteiger partial charge in [-0.3, -0.25) is 19.7 Å². The summed E-state index contributed by atoms with van der Waals surface area (Å²) in [5.41, 5.74) is 0.634. The Labute approximate surface area is 137 Å².